The molecule has 0 saturated carbocycles. The molecule has 0 rings (SSSR count). The van der Waals surface area contributed by atoms with Crippen LogP contribution in [0.5, 0.6) is 0 Å². The van der Waals surface area contributed by atoms with Crippen molar-refractivity contribution < 1.29 is 15.0 Å². The molecule has 3 nitrogen and oxygen atoms in total. The van der Waals surface area contributed by atoms with Crippen LogP contribution in [-0.4, -0.2) is 22.8 Å². The minimum Gasteiger partial charge on any atom is -0.481 e. The molecule has 0 aliphatic heterocycles. The molecule has 0 atom stereocenters. The Hall–Kier alpha value is -1.09. The van der Waals surface area contributed by atoms with Gasteiger partial charge in [-0.1, -0.05) is 31.2 Å². The van der Waals surface area contributed by atoms with Crippen LogP contribution >= 0.6 is 0 Å². The van der Waals surface area contributed by atoms with Gasteiger partial charge in [-0.15, -0.1) is 0 Å². The fourth-order valence-corrected chi connectivity index (χ4v) is 0.669. The average molecular weight is 200 g/mol. The highest BCUT2D eigenvalue weighted by Crippen LogP contribution is 1.93. The second-order valence-corrected chi connectivity index (χ2v) is 2.63. The number of hydrogen-bond acceptors (Lipinski definition) is 2. The van der Waals surface area contributed by atoms with Gasteiger partial charge >= 0.3 is 0 Å². The third-order valence-corrected chi connectivity index (χ3v) is 1.17. The summed E-state index contributed by atoms with van der Waals surface area (Å²) in [4.78, 5) is 9.00. The third kappa shape index (κ3) is 30.7. The summed E-state index contributed by atoms with van der Waals surface area (Å²) in [5, 5.41) is 15.8. The number of carboxylic acid groups (broad SMARTS) is 1. The molecule has 0 spiro atoms. The summed E-state index contributed by atoms with van der Waals surface area (Å²) in [7, 11) is 0. The second kappa shape index (κ2) is 14.4. The van der Waals surface area contributed by atoms with Gasteiger partial charge in [-0.25, -0.2) is 0 Å². The molecule has 0 aromatic carbocycles. The number of aliphatic hydroxyl groups excluding tert-OH is 1. The summed E-state index contributed by atoms with van der Waals surface area (Å²) in [5.41, 5.74) is 0. The van der Waals surface area contributed by atoms with Crippen molar-refractivity contribution in [2.45, 2.75) is 33.1 Å². The van der Waals surface area contributed by atoms with Crippen molar-refractivity contribution >= 4 is 5.97 Å². The minimum atomic E-state index is -0.833. The maximum atomic E-state index is 9.00. The summed E-state index contributed by atoms with van der Waals surface area (Å²) in [6.07, 6.45) is 11.3. The van der Waals surface area contributed by atoms with Crippen LogP contribution in [0.1, 0.15) is 33.1 Å². The van der Waals surface area contributed by atoms with E-state index in [0.29, 0.717) is 0 Å². The molecule has 82 valence electrons. The molecule has 0 aliphatic rings. The maximum Gasteiger partial charge on any atom is 0.300 e. The topological polar surface area (TPSA) is 57.5 Å². The molecule has 3 heteroatoms. The number of carbonyl (C=O) groups is 1. The van der Waals surface area contributed by atoms with E-state index in [2.05, 4.69) is 19.1 Å². The van der Waals surface area contributed by atoms with E-state index in [1.54, 1.807) is 6.08 Å². The molecule has 0 aromatic heterocycles. The fraction of sp³-hybridized carbons (Fsp3) is 0.545. The average Bonchev–Trinajstić information content (AvgIpc) is 2.10. The van der Waals surface area contributed by atoms with Crippen LogP contribution in [-0.2, 0) is 4.79 Å². The lowest BCUT2D eigenvalue weighted by Crippen LogP contribution is -1.78. The first-order valence-corrected chi connectivity index (χ1v) is 4.75. The number of rotatable bonds is 5. The minimum absolute atomic E-state index is 0.164. The first kappa shape index (κ1) is 15.4. The molecule has 0 heterocycles. The van der Waals surface area contributed by atoms with Gasteiger partial charge in [0.25, 0.3) is 5.97 Å². The van der Waals surface area contributed by atoms with E-state index in [0.717, 1.165) is 26.2 Å². The maximum absolute atomic E-state index is 9.00. The first-order chi connectivity index (χ1) is 6.65. The van der Waals surface area contributed by atoms with E-state index < -0.39 is 5.97 Å². The van der Waals surface area contributed by atoms with Crippen molar-refractivity contribution in [2.75, 3.05) is 6.61 Å². The largest absolute Gasteiger partial charge is 0.481 e. The van der Waals surface area contributed by atoms with Crippen molar-refractivity contribution in [2.24, 2.45) is 0 Å². The lowest BCUT2D eigenvalue weighted by atomic mass is 10.2. The van der Waals surface area contributed by atoms with E-state index >= 15 is 0 Å². The Bertz CT molecular complexity index is 153. The smallest absolute Gasteiger partial charge is 0.300 e. The Balaban J connectivity index is 0. The zero-order chi connectivity index (χ0) is 11.2. The number of carboxylic acids is 1. The van der Waals surface area contributed by atoms with Gasteiger partial charge in [-0.3, -0.25) is 4.79 Å². The van der Waals surface area contributed by atoms with Crippen LogP contribution in [0.4, 0.5) is 0 Å². The molecule has 0 amide bonds. The lowest BCUT2D eigenvalue weighted by Gasteiger charge is -1.84. The Morgan fingerprint density at radius 2 is 1.57 bits per heavy atom. The monoisotopic (exact) mass is 200 g/mol. The summed E-state index contributed by atoms with van der Waals surface area (Å²) in [5.74, 6) is -0.833. The molecule has 0 radical (unpaired) electrons. The Morgan fingerprint density at radius 3 is 1.93 bits per heavy atom. The molecule has 2 N–H and O–H groups in total. The number of allylic oxidation sites excluding steroid dienone is 3. The Kier molecular flexibility index (Phi) is 15.9. The van der Waals surface area contributed by atoms with Gasteiger partial charge in [-0.2, -0.15) is 0 Å². The highest BCUT2D eigenvalue weighted by molar-refractivity contribution is 5.62. The number of aliphatic carboxylic acids is 1. The van der Waals surface area contributed by atoms with E-state index in [4.69, 9.17) is 15.0 Å². The summed E-state index contributed by atoms with van der Waals surface area (Å²) in [6.45, 7) is 3.37. The van der Waals surface area contributed by atoms with Gasteiger partial charge in [0.15, 0.2) is 0 Å². The van der Waals surface area contributed by atoms with Gasteiger partial charge in [0.2, 0.25) is 0 Å². The molecule has 0 unspecified atom stereocenters. The Morgan fingerprint density at radius 1 is 1.14 bits per heavy atom. The quantitative estimate of drug-likeness (QED) is 0.529. The summed E-state index contributed by atoms with van der Waals surface area (Å²) < 4.78 is 0. The van der Waals surface area contributed by atoms with Crippen LogP contribution in [0.3, 0.4) is 0 Å². The summed E-state index contributed by atoms with van der Waals surface area (Å²) in [6, 6.07) is 0. The standard InChI is InChI=1S/C9H16O.C2H4O2/c1-2-3-4-5-6-7-8-9-10;1-2(3)4/h3-4,7-8,10H,2,5-6,9H2,1H3;1H3,(H,3,4)/b4-3+,8-7+;. The van der Waals surface area contributed by atoms with Gasteiger partial charge in [0.1, 0.15) is 0 Å². The molecular weight excluding hydrogens is 180 g/mol. The second-order valence-electron chi connectivity index (χ2n) is 2.63. The van der Waals surface area contributed by atoms with E-state index in [-0.39, 0.29) is 6.61 Å². The normalized spacial score (nSPS) is 10.2. The number of aliphatic hydroxyl groups is 1. The molecule has 0 fully saturated rings. The van der Waals surface area contributed by atoms with Gasteiger partial charge in [0.05, 0.1) is 6.61 Å². The van der Waals surface area contributed by atoms with Gasteiger partial charge in [0, 0.05) is 6.92 Å². The van der Waals surface area contributed by atoms with Crippen molar-refractivity contribution in [3.63, 3.8) is 0 Å². The molecule has 0 bridgehead atoms. The predicted octanol–water partition coefficient (Wildman–Crippen LogP) is 2.37. The van der Waals surface area contributed by atoms with E-state index in [1.165, 1.54) is 0 Å². The van der Waals surface area contributed by atoms with E-state index in [9.17, 15) is 0 Å². The van der Waals surface area contributed by atoms with Crippen molar-refractivity contribution in [3.8, 4) is 0 Å². The van der Waals surface area contributed by atoms with Crippen molar-refractivity contribution in [3.05, 3.63) is 24.3 Å². The van der Waals surface area contributed by atoms with Gasteiger partial charge in [-0.05, 0) is 19.3 Å². The highest BCUT2D eigenvalue weighted by atomic mass is 16.4. The van der Waals surface area contributed by atoms with Crippen LogP contribution in [0.25, 0.3) is 0 Å². The van der Waals surface area contributed by atoms with Gasteiger partial charge < -0.3 is 10.2 Å². The van der Waals surface area contributed by atoms with Crippen molar-refractivity contribution in [1.82, 2.24) is 0 Å². The molecule has 0 saturated heterocycles. The predicted molar refractivity (Wildman–Crippen MR) is 58.2 cm³/mol. The Labute approximate surface area is 85.8 Å². The fourth-order valence-electron chi connectivity index (χ4n) is 0.669. The summed E-state index contributed by atoms with van der Waals surface area (Å²) >= 11 is 0. The molecule has 0 aliphatic carbocycles. The zero-order valence-electron chi connectivity index (χ0n) is 8.94. The van der Waals surface area contributed by atoms with Crippen molar-refractivity contribution in [1.29, 1.82) is 0 Å². The van der Waals surface area contributed by atoms with Crippen LogP contribution < -0.4 is 0 Å². The SMILES string of the molecule is CC(=O)O.CC/C=C/CC/C=C/CO. The van der Waals surface area contributed by atoms with E-state index in [1.807, 2.05) is 6.08 Å². The van der Waals surface area contributed by atoms with Crippen LogP contribution in [0.15, 0.2) is 24.3 Å². The lowest BCUT2D eigenvalue weighted by molar-refractivity contribution is -0.134. The number of unbranched alkanes of at least 4 members (excludes halogenated alkanes) is 1. The third-order valence-electron chi connectivity index (χ3n) is 1.17. The molecule has 14 heavy (non-hydrogen) atoms. The van der Waals surface area contributed by atoms with Crippen LogP contribution in [0, 0.1) is 0 Å². The first-order valence-electron chi connectivity index (χ1n) is 4.75. The zero-order valence-corrected chi connectivity index (χ0v) is 8.94. The number of hydrogen-bond donors (Lipinski definition) is 2. The van der Waals surface area contributed by atoms with Crippen LogP contribution in [0.2, 0.25) is 0 Å². The molecular formula is C11H20O3. The highest BCUT2D eigenvalue weighted by Gasteiger charge is 1.74. The molecule has 0 aromatic rings.